The number of hydrogen-bond donors (Lipinski definition) is 3. The number of rotatable bonds is 5. The number of nitrogens with one attached hydrogen (secondary N) is 2. The van der Waals surface area contributed by atoms with Crippen molar-refractivity contribution in [2.75, 3.05) is 16.4 Å². The lowest BCUT2D eigenvalue weighted by atomic mass is 10.2. The Bertz CT molecular complexity index is 802. The number of nitrogen functional groups attached to an aromatic ring is 1. The highest BCUT2D eigenvalue weighted by Crippen LogP contribution is 2.33. The highest BCUT2D eigenvalue weighted by atomic mass is 16.5. The molecule has 0 atom stereocenters. The van der Waals surface area contributed by atoms with Gasteiger partial charge in [-0.05, 0) is 42.8 Å². The van der Waals surface area contributed by atoms with E-state index in [4.69, 9.17) is 10.5 Å². The van der Waals surface area contributed by atoms with Crippen LogP contribution in [0.4, 0.5) is 17.1 Å². The van der Waals surface area contributed by atoms with Gasteiger partial charge in [0.1, 0.15) is 0 Å². The number of anilines is 3. The van der Waals surface area contributed by atoms with Crippen molar-refractivity contribution in [3.05, 3.63) is 48.7 Å². The van der Waals surface area contributed by atoms with Gasteiger partial charge in [-0.3, -0.25) is 9.59 Å². The zero-order valence-corrected chi connectivity index (χ0v) is 13.4. The lowest BCUT2D eigenvalue weighted by molar-refractivity contribution is -0.114. The first kappa shape index (κ1) is 17.0. The zero-order valence-electron chi connectivity index (χ0n) is 13.4. The van der Waals surface area contributed by atoms with Gasteiger partial charge in [-0.2, -0.15) is 0 Å². The summed E-state index contributed by atoms with van der Waals surface area (Å²) in [6.45, 7) is 6.63. The summed E-state index contributed by atoms with van der Waals surface area (Å²) in [4.78, 5) is 26.9. The molecule has 0 aliphatic heterocycles. The molecule has 1 aromatic carbocycles. The van der Waals surface area contributed by atoms with Gasteiger partial charge in [-0.1, -0.05) is 6.58 Å². The highest BCUT2D eigenvalue weighted by molar-refractivity contribution is 6.00. The number of carbonyl (C=O) groups excluding carboxylic acids is 2. The SMILES string of the molecule is C=CC(=O)Nc1ccc(Oc2ncc(C)cc2N)c(NC(C)=O)c1. The van der Waals surface area contributed by atoms with E-state index in [9.17, 15) is 9.59 Å². The fraction of sp³-hybridized carbons (Fsp3) is 0.118. The third-order valence-electron chi connectivity index (χ3n) is 2.97. The number of nitrogens with zero attached hydrogens (tertiary/aromatic N) is 1. The second-order valence-electron chi connectivity index (χ2n) is 5.09. The van der Waals surface area contributed by atoms with Gasteiger partial charge >= 0.3 is 0 Å². The molecular weight excluding hydrogens is 308 g/mol. The largest absolute Gasteiger partial charge is 0.435 e. The van der Waals surface area contributed by atoms with Crippen LogP contribution in [0.5, 0.6) is 11.6 Å². The predicted molar refractivity (Wildman–Crippen MR) is 93.0 cm³/mol. The predicted octanol–water partition coefficient (Wildman–Crippen LogP) is 2.85. The third-order valence-corrected chi connectivity index (χ3v) is 2.97. The Morgan fingerprint density at radius 2 is 2.04 bits per heavy atom. The van der Waals surface area contributed by atoms with E-state index >= 15 is 0 Å². The molecule has 0 bridgehead atoms. The van der Waals surface area contributed by atoms with Crippen LogP contribution in [-0.2, 0) is 9.59 Å². The Hall–Kier alpha value is -3.35. The molecule has 0 radical (unpaired) electrons. The van der Waals surface area contributed by atoms with Crippen LogP contribution in [0.15, 0.2) is 43.1 Å². The molecule has 0 aliphatic rings. The van der Waals surface area contributed by atoms with Gasteiger partial charge in [0.2, 0.25) is 17.7 Å². The molecular formula is C17H18N4O3. The van der Waals surface area contributed by atoms with E-state index in [2.05, 4.69) is 22.2 Å². The molecule has 24 heavy (non-hydrogen) atoms. The Labute approximate surface area is 139 Å². The summed E-state index contributed by atoms with van der Waals surface area (Å²) < 4.78 is 5.70. The number of amides is 2. The molecule has 124 valence electrons. The monoisotopic (exact) mass is 326 g/mol. The molecule has 7 heteroatoms. The molecule has 2 amide bonds. The molecule has 1 aromatic heterocycles. The number of ether oxygens (including phenoxy) is 1. The first-order valence-corrected chi connectivity index (χ1v) is 7.14. The number of aromatic nitrogens is 1. The number of aryl methyl sites for hydroxylation is 1. The van der Waals surface area contributed by atoms with Crippen molar-refractivity contribution in [1.29, 1.82) is 0 Å². The average molecular weight is 326 g/mol. The molecule has 0 unspecified atom stereocenters. The summed E-state index contributed by atoms with van der Waals surface area (Å²) in [6.07, 6.45) is 2.78. The number of hydrogen-bond acceptors (Lipinski definition) is 5. The Morgan fingerprint density at radius 1 is 1.29 bits per heavy atom. The maximum atomic E-state index is 11.4. The molecule has 2 aromatic rings. The van der Waals surface area contributed by atoms with Gasteiger partial charge in [0, 0.05) is 18.8 Å². The third kappa shape index (κ3) is 4.33. The van der Waals surface area contributed by atoms with Crippen LogP contribution >= 0.6 is 0 Å². The smallest absolute Gasteiger partial charge is 0.247 e. The Balaban J connectivity index is 2.35. The topological polar surface area (TPSA) is 106 Å². The summed E-state index contributed by atoms with van der Waals surface area (Å²) >= 11 is 0. The van der Waals surface area contributed by atoms with Gasteiger partial charge < -0.3 is 21.1 Å². The summed E-state index contributed by atoms with van der Waals surface area (Å²) in [5, 5.41) is 5.26. The number of carbonyl (C=O) groups is 2. The lowest BCUT2D eigenvalue weighted by Crippen LogP contribution is -2.10. The summed E-state index contributed by atoms with van der Waals surface area (Å²) in [6, 6.07) is 6.54. The average Bonchev–Trinajstić information content (AvgIpc) is 2.51. The van der Waals surface area contributed by atoms with Crippen LogP contribution in [0.1, 0.15) is 12.5 Å². The number of pyridine rings is 1. The van der Waals surface area contributed by atoms with E-state index in [0.29, 0.717) is 22.8 Å². The van der Waals surface area contributed by atoms with E-state index in [1.165, 1.54) is 6.92 Å². The van der Waals surface area contributed by atoms with Crippen LogP contribution in [0, 0.1) is 6.92 Å². The van der Waals surface area contributed by atoms with Crippen molar-refractivity contribution in [2.24, 2.45) is 0 Å². The molecule has 0 saturated carbocycles. The van der Waals surface area contributed by atoms with Crippen molar-refractivity contribution in [3.63, 3.8) is 0 Å². The van der Waals surface area contributed by atoms with E-state index < -0.39 is 0 Å². The highest BCUT2D eigenvalue weighted by Gasteiger charge is 2.11. The van der Waals surface area contributed by atoms with Gasteiger partial charge in [-0.15, -0.1) is 0 Å². The minimum Gasteiger partial charge on any atom is -0.435 e. The fourth-order valence-electron chi connectivity index (χ4n) is 1.95. The molecule has 0 fully saturated rings. The van der Waals surface area contributed by atoms with Crippen molar-refractivity contribution in [1.82, 2.24) is 4.98 Å². The van der Waals surface area contributed by atoms with Crippen LogP contribution in [-0.4, -0.2) is 16.8 Å². The second kappa shape index (κ2) is 7.28. The molecule has 1 heterocycles. The molecule has 0 aliphatic carbocycles. The van der Waals surface area contributed by atoms with Crippen LogP contribution < -0.4 is 21.1 Å². The van der Waals surface area contributed by atoms with Gasteiger partial charge in [0.15, 0.2) is 5.75 Å². The van der Waals surface area contributed by atoms with E-state index in [0.717, 1.165) is 11.6 Å². The normalized spacial score (nSPS) is 9.92. The van der Waals surface area contributed by atoms with Gasteiger partial charge in [0.25, 0.3) is 0 Å². The van der Waals surface area contributed by atoms with E-state index in [1.807, 2.05) is 6.92 Å². The number of nitrogens with two attached hydrogens (primary N) is 1. The summed E-state index contributed by atoms with van der Waals surface area (Å²) in [7, 11) is 0. The first-order chi connectivity index (χ1) is 11.4. The maximum Gasteiger partial charge on any atom is 0.247 e. The zero-order chi connectivity index (χ0) is 17.7. The second-order valence-corrected chi connectivity index (χ2v) is 5.09. The first-order valence-electron chi connectivity index (χ1n) is 7.14. The van der Waals surface area contributed by atoms with Crippen LogP contribution in [0.2, 0.25) is 0 Å². The molecule has 0 spiro atoms. The van der Waals surface area contributed by atoms with Crippen molar-refractivity contribution in [3.8, 4) is 11.6 Å². The quantitative estimate of drug-likeness (QED) is 0.733. The van der Waals surface area contributed by atoms with Crippen LogP contribution in [0.3, 0.4) is 0 Å². The van der Waals surface area contributed by atoms with E-state index in [-0.39, 0.29) is 17.7 Å². The summed E-state index contributed by atoms with van der Waals surface area (Å²) in [5.74, 6) is -0.0568. The van der Waals surface area contributed by atoms with Crippen molar-refractivity contribution >= 4 is 28.9 Å². The summed E-state index contributed by atoms with van der Waals surface area (Å²) in [5.41, 5.74) is 8.05. The minimum absolute atomic E-state index is 0.232. The standard InChI is InChI=1S/C17H18N4O3/c1-4-16(23)21-12-5-6-15(14(8-12)20-11(3)22)24-17-13(18)7-10(2)9-19-17/h4-9H,1,18H2,2-3H3,(H,20,22)(H,21,23). The van der Waals surface area contributed by atoms with Crippen LogP contribution in [0.25, 0.3) is 0 Å². The molecule has 0 saturated heterocycles. The molecule has 4 N–H and O–H groups in total. The Morgan fingerprint density at radius 3 is 2.67 bits per heavy atom. The van der Waals surface area contributed by atoms with Gasteiger partial charge in [0.05, 0.1) is 11.4 Å². The van der Waals surface area contributed by atoms with E-state index in [1.54, 1.807) is 30.5 Å². The Kier molecular flexibility index (Phi) is 5.16. The number of benzene rings is 1. The fourth-order valence-corrected chi connectivity index (χ4v) is 1.95. The van der Waals surface area contributed by atoms with Gasteiger partial charge in [-0.25, -0.2) is 4.98 Å². The maximum absolute atomic E-state index is 11.4. The van der Waals surface area contributed by atoms with Crippen molar-refractivity contribution in [2.45, 2.75) is 13.8 Å². The van der Waals surface area contributed by atoms with Crippen molar-refractivity contribution < 1.29 is 14.3 Å². The molecule has 7 nitrogen and oxygen atoms in total. The molecule has 2 rings (SSSR count). The lowest BCUT2D eigenvalue weighted by Gasteiger charge is -2.14. The minimum atomic E-state index is -0.359.